The first-order chi connectivity index (χ1) is 14.1. The maximum Gasteiger partial charge on any atom is 0.274 e. The number of pyridine rings is 1. The summed E-state index contributed by atoms with van der Waals surface area (Å²) in [5.41, 5.74) is 6.94. The van der Waals surface area contributed by atoms with Crippen molar-refractivity contribution in [3.8, 4) is 11.5 Å². The van der Waals surface area contributed by atoms with Crippen LogP contribution in [0.2, 0.25) is 0 Å². The van der Waals surface area contributed by atoms with E-state index in [1.165, 1.54) is 12.0 Å². The van der Waals surface area contributed by atoms with E-state index in [2.05, 4.69) is 4.98 Å². The monoisotopic (exact) mass is 389 g/mol. The molecule has 1 unspecified atom stereocenters. The number of aromatic nitrogens is 1. The Balaban J connectivity index is 1.70. The van der Waals surface area contributed by atoms with Gasteiger partial charge in [-0.3, -0.25) is 14.5 Å². The van der Waals surface area contributed by atoms with Crippen LogP contribution in [-0.4, -0.2) is 30.3 Å². The molecule has 1 aliphatic heterocycles. The number of hydrogen-bond acceptors (Lipinski definition) is 6. The number of nitrogens with two attached hydrogens (primary N) is 1. The largest absolute Gasteiger partial charge is 0.497 e. The number of nitrogen functional groups attached to an aromatic ring is 1. The molecule has 0 spiro atoms. The first-order valence-electron chi connectivity index (χ1n) is 9.03. The number of benzene rings is 2. The highest BCUT2D eigenvalue weighted by Crippen LogP contribution is 2.38. The van der Waals surface area contributed by atoms with Gasteiger partial charge in [0.25, 0.3) is 5.91 Å². The topological polar surface area (TPSA) is 94.8 Å². The average Bonchev–Trinajstić information content (AvgIpc) is 2.76. The fourth-order valence-corrected chi connectivity index (χ4v) is 3.18. The van der Waals surface area contributed by atoms with Crippen LogP contribution < -0.4 is 20.1 Å². The van der Waals surface area contributed by atoms with Crippen molar-refractivity contribution >= 4 is 23.3 Å². The number of carbonyl (C=O) groups excluding carboxylic acids is 2. The van der Waals surface area contributed by atoms with E-state index in [9.17, 15) is 9.59 Å². The summed E-state index contributed by atoms with van der Waals surface area (Å²) in [5, 5.41) is 0. The van der Waals surface area contributed by atoms with Crippen molar-refractivity contribution in [3.63, 3.8) is 0 Å². The van der Waals surface area contributed by atoms with E-state index < -0.39 is 6.10 Å². The number of anilines is 2. The fourth-order valence-electron chi connectivity index (χ4n) is 3.18. The minimum atomic E-state index is -0.868. The molecule has 7 heteroatoms. The number of carbonyl (C=O) groups is 2. The van der Waals surface area contributed by atoms with E-state index in [0.717, 1.165) is 0 Å². The number of ketones is 1. The zero-order valence-electron chi connectivity index (χ0n) is 15.7. The Labute approximate surface area is 167 Å². The third-order valence-corrected chi connectivity index (χ3v) is 4.65. The Hall–Kier alpha value is -3.87. The Morgan fingerprint density at radius 3 is 2.69 bits per heavy atom. The first-order valence-corrected chi connectivity index (χ1v) is 9.03. The van der Waals surface area contributed by atoms with Crippen molar-refractivity contribution < 1.29 is 19.1 Å². The SMILES string of the molecule is COc1cccc(C(=O)CN2C(=O)C(c3ccccc3)Oc3ccc(N)nc32)c1. The van der Waals surface area contributed by atoms with Gasteiger partial charge in [0.15, 0.2) is 17.4 Å². The van der Waals surface area contributed by atoms with Crippen molar-refractivity contribution in [3.05, 3.63) is 77.9 Å². The molecule has 2 aromatic carbocycles. The zero-order chi connectivity index (χ0) is 20.4. The molecule has 1 aromatic heterocycles. The lowest BCUT2D eigenvalue weighted by molar-refractivity contribution is -0.126. The Morgan fingerprint density at radius 2 is 1.93 bits per heavy atom. The van der Waals surface area contributed by atoms with Gasteiger partial charge in [0, 0.05) is 11.1 Å². The molecule has 0 fully saturated rings. The zero-order valence-corrected chi connectivity index (χ0v) is 15.7. The Bertz CT molecular complexity index is 1070. The summed E-state index contributed by atoms with van der Waals surface area (Å²) in [4.78, 5) is 31.7. The summed E-state index contributed by atoms with van der Waals surface area (Å²) in [6.45, 7) is -0.192. The number of amides is 1. The number of fused-ring (bicyclic) bond motifs is 1. The van der Waals surface area contributed by atoms with E-state index >= 15 is 0 Å². The molecule has 7 nitrogen and oxygen atoms in total. The van der Waals surface area contributed by atoms with Crippen LogP contribution in [-0.2, 0) is 4.79 Å². The third kappa shape index (κ3) is 3.62. The highest BCUT2D eigenvalue weighted by molar-refractivity contribution is 6.08. The number of nitrogens with zero attached hydrogens (tertiary/aromatic N) is 2. The van der Waals surface area contributed by atoms with E-state index in [0.29, 0.717) is 22.6 Å². The molecule has 1 amide bonds. The van der Waals surface area contributed by atoms with Gasteiger partial charge in [-0.05, 0) is 24.3 Å². The standard InChI is InChI=1S/C22H19N3O4/c1-28-16-9-5-8-15(12-16)17(26)13-25-21-18(10-11-19(23)24-21)29-20(22(25)27)14-6-3-2-4-7-14/h2-12,20H,13H2,1H3,(H2,23,24). The fraction of sp³-hybridized carbons (Fsp3) is 0.136. The number of hydrogen-bond donors (Lipinski definition) is 1. The van der Waals surface area contributed by atoms with Gasteiger partial charge in [0.2, 0.25) is 6.10 Å². The third-order valence-electron chi connectivity index (χ3n) is 4.65. The lowest BCUT2D eigenvalue weighted by Gasteiger charge is -2.33. The molecule has 146 valence electrons. The molecule has 4 rings (SSSR count). The molecule has 2 heterocycles. The molecule has 0 saturated carbocycles. The van der Waals surface area contributed by atoms with Gasteiger partial charge in [-0.25, -0.2) is 4.98 Å². The smallest absolute Gasteiger partial charge is 0.274 e. The van der Waals surface area contributed by atoms with E-state index in [4.69, 9.17) is 15.2 Å². The summed E-state index contributed by atoms with van der Waals surface area (Å²) >= 11 is 0. The lowest BCUT2D eigenvalue weighted by atomic mass is 10.1. The van der Waals surface area contributed by atoms with Crippen molar-refractivity contribution in [2.45, 2.75) is 6.10 Å². The number of ether oxygens (including phenoxy) is 2. The van der Waals surface area contributed by atoms with Crippen LogP contribution in [0.15, 0.2) is 66.7 Å². The normalized spacial score (nSPS) is 15.4. The van der Waals surface area contributed by atoms with Crippen LogP contribution in [0.25, 0.3) is 0 Å². The van der Waals surface area contributed by atoms with Crippen LogP contribution >= 0.6 is 0 Å². The summed E-state index contributed by atoms with van der Waals surface area (Å²) in [6.07, 6.45) is -0.868. The molecule has 1 atom stereocenters. The second kappa shape index (κ2) is 7.63. The Kier molecular flexibility index (Phi) is 4.87. The number of rotatable bonds is 5. The van der Waals surface area contributed by atoms with E-state index in [1.54, 1.807) is 48.5 Å². The quantitative estimate of drug-likeness (QED) is 0.674. The molecule has 29 heavy (non-hydrogen) atoms. The van der Waals surface area contributed by atoms with Crippen molar-refractivity contribution in [1.29, 1.82) is 0 Å². The van der Waals surface area contributed by atoms with Gasteiger partial charge in [0.1, 0.15) is 11.6 Å². The summed E-state index contributed by atoms with van der Waals surface area (Å²) in [6, 6.07) is 19.2. The van der Waals surface area contributed by atoms with Gasteiger partial charge in [0.05, 0.1) is 13.7 Å². The Morgan fingerprint density at radius 1 is 1.14 bits per heavy atom. The molecule has 2 N–H and O–H groups in total. The lowest BCUT2D eigenvalue weighted by Crippen LogP contribution is -2.44. The van der Waals surface area contributed by atoms with Crippen molar-refractivity contribution in [2.24, 2.45) is 0 Å². The van der Waals surface area contributed by atoms with Crippen LogP contribution in [0.3, 0.4) is 0 Å². The summed E-state index contributed by atoms with van der Waals surface area (Å²) in [7, 11) is 1.53. The minimum Gasteiger partial charge on any atom is -0.497 e. The predicted molar refractivity (Wildman–Crippen MR) is 108 cm³/mol. The van der Waals surface area contributed by atoms with Crippen LogP contribution in [0.1, 0.15) is 22.0 Å². The molecule has 0 bridgehead atoms. The average molecular weight is 389 g/mol. The second-order valence-electron chi connectivity index (χ2n) is 6.55. The van der Waals surface area contributed by atoms with Crippen molar-refractivity contribution in [1.82, 2.24) is 4.98 Å². The molecule has 0 aliphatic carbocycles. The summed E-state index contributed by atoms with van der Waals surface area (Å²) in [5.74, 6) is 0.801. The molecular formula is C22H19N3O4. The number of methoxy groups -OCH3 is 1. The van der Waals surface area contributed by atoms with Crippen molar-refractivity contribution in [2.75, 3.05) is 24.3 Å². The second-order valence-corrected chi connectivity index (χ2v) is 6.55. The molecule has 1 aliphatic rings. The van der Waals surface area contributed by atoms with Gasteiger partial charge in [-0.2, -0.15) is 0 Å². The maximum absolute atomic E-state index is 13.2. The molecular weight excluding hydrogens is 370 g/mol. The highest BCUT2D eigenvalue weighted by atomic mass is 16.5. The molecule has 3 aromatic rings. The van der Waals surface area contributed by atoms with Crippen LogP contribution in [0, 0.1) is 0 Å². The van der Waals surface area contributed by atoms with Gasteiger partial charge in [-0.1, -0.05) is 42.5 Å². The molecule has 0 saturated heterocycles. The maximum atomic E-state index is 13.2. The first kappa shape index (κ1) is 18.5. The van der Waals surface area contributed by atoms with Gasteiger partial charge in [-0.15, -0.1) is 0 Å². The molecule has 0 radical (unpaired) electrons. The highest BCUT2D eigenvalue weighted by Gasteiger charge is 2.37. The van der Waals surface area contributed by atoms with Gasteiger partial charge >= 0.3 is 0 Å². The predicted octanol–water partition coefficient (Wildman–Crippen LogP) is 3.02. The van der Waals surface area contributed by atoms with Crippen LogP contribution in [0.5, 0.6) is 11.5 Å². The van der Waals surface area contributed by atoms with E-state index in [1.807, 2.05) is 18.2 Å². The van der Waals surface area contributed by atoms with Crippen LogP contribution in [0.4, 0.5) is 11.6 Å². The minimum absolute atomic E-state index is 0.192. The number of Topliss-reactive ketones (excluding diaryl/α,β-unsaturated/α-hetero) is 1. The summed E-state index contributed by atoms with van der Waals surface area (Å²) < 4.78 is 11.1. The van der Waals surface area contributed by atoms with Gasteiger partial charge < -0.3 is 15.2 Å². The van der Waals surface area contributed by atoms with E-state index in [-0.39, 0.29) is 29.9 Å².